The van der Waals surface area contributed by atoms with Crippen LogP contribution in [-0.4, -0.2) is 16.8 Å². The summed E-state index contributed by atoms with van der Waals surface area (Å²) in [5, 5.41) is 8.35. The van der Waals surface area contributed by atoms with E-state index in [0.29, 0.717) is 5.75 Å². The lowest BCUT2D eigenvalue weighted by atomic mass is 10.4. The number of aliphatic carboxylic acids is 1. The number of hydrogen-bond acceptors (Lipinski definition) is 3. The third-order valence-electron chi connectivity index (χ3n) is 1.78. The standard InChI is InChI=1S/C11H14O3S/c1-2-9-5-6-10(14-9)8-15-7-3-4-11(12)13/h3-6H,2,7-8H2,1H3,(H,12,13)/b4-3+. The molecule has 1 rings (SSSR count). The maximum atomic E-state index is 10.2. The maximum Gasteiger partial charge on any atom is 0.328 e. The Morgan fingerprint density at radius 2 is 2.27 bits per heavy atom. The predicted molar refractivity (Wildman–Crippen MR) is 61.0 cm³/mol. The summed E-state index contributed by atoms with van der Waals surface area (Å²) >= 11 is 1.63. The van der Waals surface area contributed by atoms with Gasteiger partial charge in [-0.05, 0) is 12.1 Å². The van der Waals surface area contributed by atoms with Gasteiger partial charge in [-0.2, -0.15) is 0 Å². The van der Waals surface area contributed by atoms with Gasteiger partial charge in [0, 0.05) is 18.2 Å². The van der Waals surface area contributed by atoms with Crippen molar-refractivity contribution in [1.82, 2.24) is 0 Å². The van der Waals surface area contributed by atoms with Gasteiger partial charge in [0.1, 0.15) is 11.5 Å². The van der Waals surface area contributed by atoms with Crippen molar-refractivity contribution in [2.24, 2.45) is 0 Å². The quantitative estimate of drug-likeness (QED) is 0.598. The molecule has 0 unspecified atom stereocenters. The smallest absolute Gasteiger partial charge is 0.328 e. The van der Waals surface area contributed by atoms with E-state index in [1.165, 1.54) is 0 Å². The Labute approximate surface area is 93.2 Å². The molecule has 82 valence electrons. The molecule has 1 aromatic rings. The monoisotopic (exact) mass is 226 g/mol. The Morgan fingerprint density at radius 3 is 2.87 bits per heavy atom. The van der Waals surface area contributed by atoms with Gasteiger partial charge in [0.05, 0.1) is 5.75 Å². The molecule has 0 saturated heterocycles. The van der Waals surface area contributed by atoms with Crippen molar-refractivity contribution in [3.05, 3.63) is 35.8 Å². The molecule has 3 nitrogen and oxygen atoms in total. The molecule has 1 heterocycles. The van der Waals surface area contributed by atoms with E-state index in [-0.39, 0.29) is 0 Å². The molecular weight excluding hydrogens is 212 g/mol. The zero-order valence-corrected chi connectivity index (χ0v) is 9.42. The summed E-state index contributed by atoms with van der Waals surface area (Å²) in [6.07, 6.45) is 3.70. The highest BCUT2D eigenvalue weighted by molar-refractivity contribution is 7.98. The van der Waals surface area contributed by atoms with E-state index in [0.717, 1.165) is 29.8 Å². The van der Waals surface area contributed by atoms with Crippen LogP contribution in [0.1, 0.15) is 18.4 Å². The first kappa shape index (κ1) is 11.9. The molecule has 0 radical (unpaired) electrons. The zero-order chi connectivity index (χ0) is 11.1. The fourth-order valence-electron chi connectivity index (χ4n) is 1.07. The molecule has 0 atom stereocenters. The van der Waals surface area contributed by atoms with E-state index in [1.807, 2.05) is 19.1 Å². The van der Waals surface area contributed by atoms with Crippen LogP contribution in [-0.2, 0) is 17.0 Å². The van der Waals surface area contributed by atoms with Gasteiger partial charge >= 0.3 is 5.97 Å². The van der Waals surface area contributed by atoms with E-state index in [1.54, 1.807) is 17.8 Å². The highest BCUT2D eigenvalue weighted by Gasteiger charge is 1.99. The van der Waals surface area contributed by atoms with E-state index in [9.17, 15) is 4.79 Å². The maximum absolute atomic E-state index is 10.2. The first-order valence-corrected chi connectivity index (χ1v) is 5.92. The molecule has 0 aromatic carbocycles. The molecule has 0 aliphatic rings. The second-order valence-electron chi connectivity index (χ2n) is 2.98. The van der Waals surface area contributed by atoms with Crippen LogP contribution in [0.3, 0.4) is 0 Å². The first-order valence-electron chi connectivity index (χ1n) is 4.77. The number of carboxylic acid groups (broad SMARTS) is 1. The SMILES string of the molecule is CCc1ccc(CSC/C=C/C(=O)O)o1. The van der Waals surface area contributed by atoms with Crippen LogP contribution in [0.4, 0.5) is 0 Å². The first-order chi connectivity index (χ1) is 7.22. The van der Waals surface area contributed by atoms with Crippen LogP contribution in [0.25, 0.3) is 0 Å². The van der Waals surface area contributed by atoms with Crippen molar-refractivity contribution in [2.75, 3.05) is 5.75 Å². The van der Waals surface area contributed by atoms with E-state index in [2.05, 4.69) is 0 Å². The normalized spacial score (nSPS) is 11.0. The van der Waals surface area contributed by atoms with Gasteiger partial charge in [0.15, 0.2) is 0 Å². The van der Waals surface area contributed by atoms with Gasteiger partial charge < -0.3 is 9.52 Å². The van der Waals surface area contributed by atoms with Crippen LogP contribution in [0.15, 0.2) is 28.7 Å². The van der Waals surface area contributed by atoms with Crippen LogP contribution >= 0.6 is 11.8 Å². The third kappa shape index (κ3) is 4.74. The molecule has 0 fully saturated rings. The van der Waals surface area contributed by atoms with Crippen LogP contribution in [0, 0.1) is 0 Å². The second kappa shape index (κ2) is 6.35. The highest BCUT2D eigenvalue weighted by Crippen LogP contribution is 2.15. The topological polar surface area (TPSA) is 50.4 Å². The molecule has 15 heavy (non-hydrogen) atoms. The molecule has 0 aliphatic carbocycles. The van der Waals surface area contributed by atoms with Crippen molar-refractivity contribution in [2.45, 2.75) is 19.1 Å². The second-order valence-corrected chi connectivity index (χ2v) is 4.01. The minimum atomic E-state index is -0.901. The average molecular weight is 226 g/mol. The van der Waals surface area contributed by atoms with Gasteiger partial charge in [-0.15, -0.1) is 11.8 Å². The van der Waals surface area contributed by atoms with Crippen molar-refractivity contribution >= 4 is 17.7 Å². The summed E-state index contributed by atoms with van der Waals surface area (Å²) in [4.78, 5) is 10.2. The van der Waals surface area contributed by atoms with Crippen molar-refractivity contribution in [3.63, 3.8) is 0 Å². The summed E-state index contributed by atoms with van der Waals surface area (Å²) in [7, 11) is 0. The fraction of sp³-hybridized carbons (Fsp3) is 0.364. The molecule has 0 aliphatic heterocycles. The summed E-state index contributed by atoms with van der Waals surface area (Å²) in [6.45, 7) is 2.05. The minimum absolute atomic E-state index is 0.689. The highest BCUT2D eigenvalue weighted by atomic mass is 32.2. The Balaban J connectivity index is 2.23. The molecule has 0 saturated carbocycles. The van der Waals surface area contributed by atoms with Crippen LogP contribution in [0.2, 0.25) is 0 Å². The Kier molecular flexibility index (Phi) is 5.04. The van der Waals surface area contributed by atoms with Crippen LogP contribution < -0.4 is 0 Å². The molecule has 0 bridgehead atoms. The Hall–Kier alpha value is -1.16. The predicted octanol–water partition coefficient (Wildman–Crippen LogP) is 2.72. The number of furan rings is 1. The van der Waals surface area contributed by atoms with Gasteiger partial charge in [0.2, 0.25) is 0 Å². The van der Waals surface area contributed by atoms with E-state index < -0.39 is 5.97 Å². The van der Waals surface area contributed by atoms with Crippen molar-refractivity contribution in [1.29, 1.82) is 0 Å². The van der Waals surface area contributed by atoms with Crippen LogP contribution in [0.5, 0.6) is 0 Å². The number of rotatable bonds is 6. The van der Waals surface area contributed by atoms with Gasteiger partial charge in [-0.25, -0.2) is 4.79 Å². The number of carboxylic acids is 1. The molecule has 0 spiro atoms. The lowest BCUT2D eigenvalue weighted by molar-refractivity contribution is -0.131. The summed E-state index contributed by atoms with van der Waals surface area (Å²) in [5.41, 5.74) is 0. The van der Waals surface area contributed by atoms with Crippen molar-refractivity contribution < 1.29 is 14.3 Å². The largest absolute Gasteiger partial charge is 0.478 e. The molecule has 1 aromatic heterocycles. The van der Waals surface area contributed by atoms with Gasteiger partial charge in [-0.3, -0.25) is 0 Å². The van der Waals surface area contributed by atoms with E-state index in [4.69, 9.17) is 9.52 Å². The fourth-order valence-corrected chi connectivity index (χ4v) is 1.77. The van der Waals surface area contributed by atoms with Gasteiger partial charge in [-0.1, -0.05) is 13.0 Å². The van der Waals surface area contributed by atoms with E-state index >= 15 is 0 Å². The molecular formula is C11H14O3S. The number of aryl methyl sites for hydroxylation is 1. The Morgan fingerprint density at radius 1 is 1.53 bits per heavy atom. The summed E-state index contributed by atoms with van der Waals surface area (Å²) in [6, 6.07) is 3.94. The minimum Gasteiger partial charge on any atom is -0.478 e. The zero-order valence-electron chi connectivity index (χ0n) is 8.60. The number of thioether (sulfide) groups is 1. The Bertz CT molecular complexity index is 341. The molecule has 1 N–H and O–H groups in total. The molecule has 0 amide bonds. The average Bonchev–Trinajstić information content (AvgIpc) is 2.65. The molecule has 4 heteroatoms. The summed E-state index contributed by atoms with van der Waals surface area (Å²) < 4.78 is 5.50. The van der Waals surface area contributed by atoms with Gasteiger partial charge in [0.25, 0.3) is 0 Å². The third-order valence-corrected chi connectivity index (χ3v) is 2.70. The summed E-state index contributed by atoms with van der Waals surface area (Å²) in [5.74, 6) is 2.51. The lowest BCUT2D eigenvalue weighted by Gasteiger charge is -1.94. The number of carbonyl (C=O) groups is 1. The van der Waals surface area contributed by atoms with Crippen molar-refractivity contribution in [3.8, 4) is 0 Å². The lowest BCUT2D eigenvalue weighted by Crippen LogP contribution is -1.86. The number of hydrogen-bond donors (Lipinski definition) is 1.